The number of likely N-dealkylation sites (N-methyl/N-ethyl adjacent to an activating group) is 1. The molecular weight excluding hydrogens is 430 g/mol. The number of hydrogen-bond acceptors (Lipinski definition) is 5. The molecule has 1 unspecified atom stereocenters. The zero-order valence-electron chi connectivity index (χ0n) is 16.6. The van der Waals surface area contributed by atoms with E-state index in [9.17, 15) is 13.2 Å². The van der Waals surface area contributed by atoms with Crippen LogP contribution in [0.4, 0.5) is 5.69 Å². The summed E-state index contributed by atoms with van der Waals surface area (Å²) < 4.78 is 27.4. The number of thiophene rings is 1. The van der Waals surface area contributed by atoms with Crippen LogP contribution >= 0.6 is 22.9 Å². The lowest BCUT2D eigenvalue weighted by Gasteiger charge is -2.26. The average Bonchev–Trinajstić information content (AvgIpc) is 3.24. The van der Waals surface area contributed by atoms with E-state index >= 15 is 0 Å². The Bertz CT molecular complexity index is 942. The second-order valence-electron chi connectivity index (χ2n) is 7.26. The Kier molecular flexibility index (Phi) is 7.34. The average molecular weight is 456 g/mol. The van der Waals surface area contributed by atoms with Crippen LogP contribution in [0.2, 0.25) is 5.02 Å². The van der Waals surface area contributed by atoms with Crippen molar-refractivity contribution in [3.8, 4) is 0 Å². The molecule has 1 aromatic heterocycles. The van der Waals surface area contributed by atoms with Crippen molar-refractivity contribution in [3.05, 3.63) is 45.6 Å². The van der Waals surface area contributed by atoms with Crippen LogP contribution in [0.3, 0.4) is 0 Å². The lowest BCUT2D eigenvalue weighted by Crippen LogP contribution is -2.35. The summed E-state index contributed by atoms with van der Waals surface area (Å²) in [5.74, 6) is -0.209. The molecular formula is C20H26ClN3O3S2. The van der Waals surface area contributed by atoms with Crippen molar-refractivity contribution in [2.75, 3.05) is 32.0 Å². The molecule has 29 heavy (non-hydrogen) atoms. The third-order valence-electron chi connectivity index (χ3n) is 5.16. The number of nitrogens with one attached hydrogen (secondary N) is 1. The highest BCUT2D eigenvalue weighted by Crippen LogP contribution is 2.29. The van der Waals surface area contributed by atoms with Crippen LogP contribution in [0.25, 0.3) is 0 Å². The van der Waals surface area contributed by atoms with Gasteiger partial charge < -0.3 is 5.32 Å². The van der Waals surface area contributed by atoms with Gasteiger partial charge in [0, 0.05) is 29.7 Å². The Labute approximate surface area is 181 Å². The third-order valence-corrected chi connectivity index (χ3v) is 8.58. The third kappa shape index (κ3) is 5.38. The predicted molar refractivity (Wildman–Crippen MR) is 118 cm³/mol. The van der Waals surface area contributed by atoms with Crippen molar-refractivity contribution in [1.82, 2.24) is 9.21 Å². The molecule has 1 atom stereocenters. The van der Waals surface area contributed by atoms with Crippen LogP contribution < -0.4 is 5.32 Å². The lowest BCUT2D eigenvalue weighted by molar-refractivity contribution is -0.117. The summed E-state index contributed by atoms with van der Waals surface area (Å²) in [6.45, 7) is 3.24. The fraction of sp³-hybridized carbons (Fsp3) is 0.450. The first-order valence-corrected chi connectivity index (χ1v) is 12.3. The molecule has 1 aromatic carbocycles. The number of amides is 1. The zero-order chi connectivity index (χ0) is 21.0. The van der Waals surface area contributed by atoms with Gasteiger partial charge in [0.05, 0.1) is 11.6 Å². The van der Waals surface area contributed by atoms with Crippen LogP contribution in [0, 0.1) is 0 Å². The lowest BCUT2D eigenvalue weighted by atomic mass is 10.2. The molecule has 0 bridgehead atoms. The minimum Gasteiger partial charge on any atom is -0.325 e. The molecule has 2 heterocycles. The van der Waals surface area contributed by atoms with Gasteiger partial charge in [-0.1, -0.05) is 24.1 Å². The highest BCUT2D eigenvalue weighted by Gasteiger charge is 2.28. The van der Waals surface area contributed by atoms with Crippen molar-refractivity contribution in [2.24, 2.45) is 0 Å². The normalized spacial score (nSPS) is 16.7. The van der Waals surface area contributed by atoms with Crippen LogP contribution in [-0.4, -0.2) is 50.2 Å². The van der Waals surface area contributed by atoms with Crippen molar-refractivity contribution in [3.63, 3.8) is 0 Å². The Balaban J connectivity index is 1.70. The maximum atomic E-state index is 13.0. The topological polar surface area (TPSA) is 69.7 Å². The Morgan fingerprint density at radius 3 is 2.66 bits per heavy atom. The number of hydrogen-bond donors (Lipinski definition) is 1. The predicted octanol–water partition coefficient (Wildman–Crippen LogP) is 4.21. The summed E-state index contributed by atoms with van der Waals surface area (Å²) in [7, 11) is -1.79. The Morgan fingerprint density at radius 1 is 1.28 bits per heavy atom. The smallest absolute Gasteiger partial charge is 0.244 e. The Hall–Kier alpha value is -1.45. The van der Waals surface area contributed by atoms with E-state index < -0.39 is 10.0 Å². The van der Waals surface area contributed by atoms with Crippen molar-refractivity contribution >= 4 is 44.6 Å². The van der Waals surface area contributed by atoms with E-state index in [-0.39, 0.29) is 28.4 Å². The molecule has 0 radical (unpaired) electrons. The van der Waals surface area contributed by atoms with Gasteiger partial charge >= 0.3 is 0 Å². The van der Waals surface area contributed by atoms with Crippen molar-refractivity contribution in [2.45, 2.75) is 37.1 Å². The van der Waals surface area contributed by atoms with Crippen LogP contribution in [0.15, 0.2) is 40.6 Å². The minimum absolute atomic E-state index is 0.0409. The molecule has 1 aliphatic rings. The van der Waals surface area contributed by atoms with Crippen LogP contribution in [0.1, 0.15) is 37.1 Å². The molecule has 158 valence electrons. The summed E-state index contributed by atoms with van der Waals surface area (Å²) in [4.78, 5) is 15.7. The first-order valence-electron chi connectivity index (χ1n) is 9.62. The van der Waals surface area contributed by atoms with Gasteiger partial charge in [-0.3, -0.25) is 9.69 Å². The molecule has 1 saturated heterocycles. The summed E-state index contributed by atoms with van der Waals surface area (Å²) in [5, 5.41) is 4.97. The maximum Gasteiger partial charge on any atom is 0.244 e. The number of carbonyl (C=O) groups excluding carboxylic acids is 1. The molecule has 1 N–H and O–H groups in total. The van der Waals surface area contributed by atoms with E-state index in [1.807, 2.05) is 36.4 Å². The van der Waals surface area contributed by atoms with Gasteiger partial charge in [-0.2, -0.15) is 4.31 Å². The van der Waals surface area contributed by atoms with Crippen molar-refractivity contribution in [1.29, 1.82) is 0 Å². The van der Waals surface area contributed by atoms with E-state index in [1.165, 1.54) is 21.3 Å². The van der Waals surface area contributed by atoms with E-state index in [0.29, 0.717) is 18.8 Å². The first kappa shape index (κ1) is 22.2. The first-order chi connectivity index (χ1) is 13.8. The molecule has 0 spiro atoms. The van der Waals surface area contributed by atoms with Crippen LogP contribution in [0.5, 0.6) is 0 Å². The van der Waals surface area contributed by atoms with Gasteiger partial charge in [-0.05, 0) is 56.5 Å². The van der Waals surface area contributed by atoms with Crippen molar-refractivity contribution < 1.29 is 13.2 Å². The summed E-state index contributed by atoms with van der Waals surface area (Å²) in [6, 6.07) is 8.74. The largest absolute Gasteiger partial charge is 0.325 e. The summed E-state index contributed by atoms with van der Waals surface area (Å²) >= 11 is 7.84. The molecule has 1 aliphatic heterocycles. The summed E-state index contributed by atoms with van der Waals surface area (Å²) in [6.07, 6.45) is 2.73. The number of halogens is 1. The summed E-state index contributed by atoms with van der Waals surface area (Å²) in [5.41, 5.74) is 0.423. The number of rotatable bonds is 7. The van der Waals surface area contributed by atoms with Gasteiger partial charge in [0.2, 0.25) is 15.9 Å². The number of sulfonamides is 1. The number of piperidine rings is 1. The fourth-order valence-electron chi connectivity index (χ4n) is 3.33. The standard InChI is InChI=1S/C20H26ClN3O3S2/c1-15(18-7-6-12-28-18)23(2)14-20(25)22-16-8-9-17(21)19(13-16)29(26,27)24-10-4-3-5-11-24/h6-9,12-13,15H,3-5,10-11,14H2,1-2H3,(H,22,25). The highest BCUT2D eigenvalue weighted by molar-refractivity contribution is 7.89. The van der Waals surface area contributed by atoms with Crippen LogP contribution in [-0.2, 0) is 14.8 Å². The van der Waals surface area contributed by atoms with E-state index in [0.717, 1.165) is 19.3 Å². The number of anilines is 1. The van der Waals surface area contributed by atoms with Gasteiger partial charge in [-0.15, -0.1) is 11.3 Å². The molecule has 3 rings (SSSR count). The molecule has 0 saturated carbocycles. The minimum atomic E-state index is -3.68. The zero-order valence-corrected chi connectivity index (χ0v) is 19.0. The van der Waals surface area contributed by atoms with E-state index in [1.54, 1.807) is 17.4 Å². The SMILES string of the molecule is CC(c1cccs1)N(C)CC(=O)Nc1ccc(Cl)c(S(=O)(=O)N2CCCCC2)c1. The fourth-order valence-corrected chi connectivity index (χ4v) is 6.20. The monoisotopic (exact) mass is 455 g/mol. The molecule has 2 aromatic rings. The number of carbonyl (C=O) groups is 1. The second kappa shape index (κ2) is 9.57. The Morgan fingerprint density at radius 2 is 2.00 bits per heavy atom. The number of nitrogens with zero attached hydrogens (tertiary/aromatic N) is 2. The molecule has 1 fully saturated rings. The second-order valence-corrected chi connectivity index (χ2v) is 10.6. The van der Waals surface area contributed by atoms with Gasteiger partial charge in [0.1, 0.15) is 4.90 Å². The number of benzene rings is 1. The molecule has 9 heteroatoms. The quantitative estimate of drug-likeness (QED) is 0.679. The molecule has 6 nitrogen and oxygen atoms in total. The maximum absolute atomic E-state index is 13.0. The molecule has 0 aliphatic carbocycles. The van der Waals surface area contributed by atoms with Gasteiger partial charge in [0.15, 0.2) is 0 Å². The van der Waals surface area contributed by atoms with Gasteiger partial charge in [-0.25, -0.2) is 8.42 Å². The van der Waals surface area contributed by atoms with E-state index in [4.69, 9.17) is 11.6 Å². The van der Waals surface area contributed by atoms with E-state index in [2.05, 4.69) is 5.32 Å². The molecule has 1 amide bonds. The van der Waals surface area contributed by atoms with Gasteiger partial charge in [0.25, 0.3) is 0 Å². The highest BCUT2D eigenvalue weighted by atomic mass is 35.5.